The minimum absolute atomic E-state index is 0.345. The fraction of sp³-hybridized carbons (Fsp3) is 0.933. The van der Waals surface area contributed by atoms with Gasteiger partial charge in [0.2, 0.25) is 5.91 Å². The Balaban J connectivity index is 1.47. The molecular formula is C15H25NO3. The van der Waals surface area contributed by atoms with E-state index in [1.165, 1.54) is 25.7 Å². The normalized spacial score (nSPS) is 27.9. The summed E-state index contributed by atoms with van der Waals surface area (Å²) in [7, 11) is 0. The maximum Gasteiger partial charge on any atom is 0.222 e. The van der Waals surface area contributed by atoms with Crippen LogP contribution < -0.4 is 0 Å². The Morgan fingerprint density at radius 1 is 1.05 bits per heavy atom. The summed E-state index contributed by atoms with van der Waals surface area (Å²) >= 11 is 0. The number of likely N-dealkylation sites (tertiary alicyclic amines) is 1. The van der Waals surface area contributed by atoms with Gasteiger partial charge in [-0.25, -0.2) is 0 Å². The Morgan fingerprint density at radius 3 is 2.32 bits per heavy atom. The second-order valence-corrected chi connectivity index (χ2v) is 6.20. The van der Waals surface area contributed by atoms with Crippen molar-refractivity contribution in [2.24, 2.45) is 5.92 Å². The van der Waals surface area contributed by atoms with Crippen LogP contribution in [0.25, 0.3) is 0 Å². The molecule has 1 amide bonds. The molecule has 4 nitrogen and oxygen atoms in total. The van der Waals surface area contributed by atoms with Crippen molar-refractivity contribution in [3.05, 3.63) is 0 Å². The molecule has 0 radical (unpaired) electrons. The zero-order valence-corrected chi connectivity index (χ0v) is 11.7. The zero-order valence-electron chi connectivity index (χ0n) is 11.7. The number of nitrogens with zero attached hydrogens (tertiary/aromatic N) is 1. The summed E-state index contributed by atoms with van der Waals surface area (Å²) in [4.78, 5) is 14.3. The Morgan fingerprint density at radius 2 is 1.68 bits per heavy atom. The van der Waals surface area contributed by atoms with Gasteiger partial charge in [-0.1, -0.05) is 12.8 Å². The summed E-state index contributed by atoms with van der Waals surface area (Å²) in [6.07, 6.45) is 8.53. The molecule has 0 bridgehead atoms. The molecule has 0 aromatic heterocycles. The molecule has 0 unspecified atom stereocenters. The highest BCUT2D eigenvalue weighted by Crippen LogP contribution is 2.32. The van der Waals surface area contributed by atoms with Crippen molar-refractivity contribution in [3.8, 4) is 0 Å². The van der Waals surface area contributed by atoms with Crippen molar-refractivity contribution in [2.45, 2.75) is 57.2 Å². The van der Waals surface area contributed by atoms with E-state index in [9.17, 15) is 4.79 Å². The lowest BCUT2D eigenvalue weighted by Crippen LogP contribution is -2.51. The predicted molar refractivity (Wildman–Crippen MR) is 71.6 cm³/mol. The lowest BCUT2D eigenvalue weighted by Gasteiger charge is -2.43. The van der Waals surface area contributed by atoms with Crippen molar-refractivity contribution in [1.29, 1.82) is 0 Å². The number of carbonyl (C=O) groups excluding carboxylic acids is 1. The quantitative estimate of drug-likeness (QED) is 0.770. The lowest BCUT2D eigenvalue weighted by atomic mass is 9.99. The molecule has 1 saturated carbocycles. The smallest absolute Gasteiger partial charge is 0.222 e. The van der Waals surface area contributed by atoms with Gasteiger partial charge in [0.15, 0.2) is 5.79 Å². The van der Waals surface area contributed by atoms with E-state index in [0.717, 1.165) is 52.0 Å². The second kappa shape index (κ2) is 5.80. The van der Waals surface area contributed by atoms with Crippen LogP contribution >= 0.6 is 0 Å². The van der Waals surface area contributed by atoms with Gasteiger partial charge >= 0.3 is 0 Å². The van der Waals surface area contributed by atoms with Crippen LogP contribution in [0.1, 0.15) is 51.4 Å². The van der Waals surface area contributed by atoms with Crippen molar-refractivity contribution >= 4 is 5.91 Å². The van der Waals surface area contributed by atoms with Crippen LogP contribution in [0.2, 0.25) is 0 Å². The first kappa shape index (κ1) is 13.4. The highest BCUT2D eigenvalue weighted by Gasteiger charge is 2.39. The molecule has 3 aliphatic rings. The topological polar surface area (TPSA) is 38.8 Å². The van der Waals surface area contributed by atoms with E-state index in [1.54, 1.807) is 0 Å². The van der Waals surface area contributed by atoms with E-state index in [1.807, 2.05) is 4.90 Å². The van der Waals surface area contributed by atoms with Gasteiger partial charge in [0.1, 0.15) is 0 Å². The Hall–Kier alpha value is -0.610. The highest BCUT2D eigenvalue weighted by molar-refractivity contribution is 5.76. The molecule has 19 heavy (non-hydrogen) atoms. The number of piperidine rings is 1. The predicted octanol–water partition coefficient (Wildman–Crippen LogP) is 2.32. The summed E-state index contributed by atoms with van der Waals surface area (Å²) in [6.45, 7) is 3.20. The molecule has 2 saturated heterocycles. The van der Waals surface area contributed by atoms with Gasteiger partial charge in [-0.2, -0.15) is 0 Å². The Kier molecular flexibility index (Phi) is 4.08. The molecule has 1 spiro atoms. The third kappa shape index (κ3) is 3.11. The fourth-order valence-electron chi connectivity index (χ4n) is 3.59. The molecule has 0 aromatic carbocycles. The molecule has 0 atom stereocenters. The molecule has 0 aromatic rings. The van der Waals surface area contributed by atoms with E-state index in [-0.39, 0.29) is 5.79 Å². The number of ether oxygens (including phenoxy) is 2. The first-order valence-electron chi connectivity index (χ1n) is 7.83. The molecule has 2 aliphatic heterocycles. The summed E-state index contributed by atoms with van der Waals surface area (Å²) in [5.74, 6) is 0.616. The third-order valence-electron chi connectivity index (χ3n) is 4.83. The van der Waals surface area contributed by atoms with Crippen LogP contribution in [-0.4, -0.2) is 42.9 Å². The van der Waals surface area contributed by atoms with Gasteiger partial charge in [-0.3, -0.25) is 4.79 Å². The SMILES string of the molecule is O=C(CC1CCCC1)N1CCC2(CC1)OCCCO2. The Bertz CT molecular complexity index is 309. The zero-order chi connectivity index (χ0) is 13.1. The maximum atomic E-state index is 12.3. The fourth-order valence-corrected chi connectivity index (χ4v) is 3.59. The average Bonchev–Trinajstić information content (AvgIpc) is 2.93. The second-order valence-electron chi connectivity index (χ2n) is 6.20. The first-order chi connectivity index (χ1) is 9.27. The van der Waals surface area contributed by atoms with Crippen LogP contribution in [0, 0.1) is 5.92 Å². The van der Waals surface area contributed by atoms with Gasteiger partial charge in [0.05, 0.1) is 13.2 Å². The van der Waals surface area contributed by atoms with Crippen molar-refractivity contribution < 1.29 is 14.3 Å². The largest absolute Gasteiger partial charge is 0.350 e. The van der Waals surface area contributed by atoms with Gasteiger partial charge in [0.25, 0.3) is 0 Å². The number of hydrogen-bond donors (Lipinski definition) is 0. The van der Waals surface area contributed by atoms with Crippen LogP contribution in [0.4, 0.5) is 0 Å². The first-order valence-corrected chi connectivity index (χ1v) is 7.83. The molecule has 2 heterocycles. The molecule has 0 N–H and O–H groups in total. The van der Waals surface area contributed by atoms with Gasteiger partial charge < -0.3 is 14.4 Å². The minimum atomic E-state index is -0.373. The van der Waals surface area contributed by atoms with Crippen LogP contribution in [0.15, 0.2) is 0 Å². The lowest BCUT2D eigenvalue weighted by molar-refractivity contribution is -0.282. The third-order valence-corrected chi connectivity index (χ3v) is 4.83. The number of amides is 1. The highest BCUT2D eigenvalue weighted by atomic mass is 16.7. The van der Waals surface area contributed by atoms with Crippen LogP contribution in [-0.2, 0) is 14.3 Å². The summed E-state index contributed by atoms with van der Waals surface area (Å²) in [6, 6.07) is 0. The van der Waals surface area contributed by atoms with Crippen molar-refractivity contribution in [3.63, 3.8) is 0 Å². The van der Waals surface area contributed by atoms with Crippen molar-refractivity contribution in [2.75, 3.05) is 26.3 Å². The van der Waals surface area contributed by atoms with Gasteiger partial charge in [-0.15, -0.1) is 0 Å². The van der Waals surface area contributed by atoms with E-state index in [4.69, 9.17) is 9.47 Å². The number of rotatable bonds is 2. The average molecular weight is 267 g/mol. The van der Waals surface area contributed by atoms with E-state index in [2.05, 4.69) is 0 Å². The number of carbonyl (C=O) groups is 1. The molecule has 108 valence electrons. The van der Waals surface area contributed by atoms with Crippen molar-refractivity contribution in [1.82, 2.24) is 4.90 Å². The van der Waals surface area contributed by atoms with Crippen LogP contribution in [0.5, 0.6) is 0 Å². The molecule has 1 aliphatic carbocycles. The van der Waals surface area contributed by atoms with E-state index in [0.29, 0.717) is 11.8 Å². The summed E-state index contributed by atoms with van der Waals surface area (Å²) in [5, 5.41) is 0. The molecule has 3 fully saturated rings. The van der Waals surface area contributed by atoms with Crippen LogP contribution in [0.3, 0.4) is 0 Å². The van der Waals surface area contributed by atoms with E-state index >= 15 is 0 Å². The summed E-state index contributed by atoms with van der Waals surface area (Å²) in [5.41, 5.74) is 0. The molecular weight excluding hydrogens is 242 g/mol. The standard InChI is InChI=1S/C15H25NO3/c17-14(12-13-4-1-2-5-13)16-8-6-15(7-9-16)18-10-3-11-19-15/h13H,1-12H2. The van der Waals surface area contributed by atoms with Gasteiger partial charge in [-0.05, 0) is 25.2 Å². The monoisotopic (exact) mass is 267 g/mol. The van der Waals surface area contributed by atoms with Gasteiger partial charge in [0, 0.05) is 32.4 Å². The van der Waals surface area contributed by atoms with E-state index < -0.39 is 0 Å². The minimum Gasteiger partial charge on any atom is -0.350 e. The molecule has 3 rings (SSSR count). The number of hydrogen-bond acceptors (Lipinski definition) is 3. The molecule has 4 heteroatoms. The maximum absolute atomic E-state index is 12.3. The summed E-state index contributed by atoms with van der Waals surface area (Å²) < 4.78 is 11.6. The Labute approximate surface area is 115 Å².